The monoisotopic (exact) mass is 472 g/mol. The molecule has 1 fully saturated rings. The molecule has 3 aliphatic rings. The number of rotatable bonds is 5. The molecule has 8 heteroatoms. The first-order chi connectivity index (χ1) is 17.0. The predicted molar refractivity (Wildman–Crippen MR) is 129 cm³/mol. The maximum atomic E-state index is 12.4. The Morgan fingerprint density at radius 3 is 2.69 bits per heavy atom. The number of hydrogen-bond acceptors (Lipinski definition) is 8. The molecule has 0 radical (unpaired) electrons. The molecular formula is C27H28N4O4. The van der Waals surface area contributed by atoms with E-state index in [0.717, 1.165) is 41.1 Å². The van der Waals surface area contributed by atoms with Gasteiger partial charge in [0.2, 0.25) is 0 Å². The van der Waals surface area contributed by atoms with Crippen molar-refractivity contribution in [2.45, 2.75) is 51.5 Å². The number of ether oxygens (including phenoxy) is 2. The van der Waals surface area contributed by atoms with Gasteiger partial charge >= 0.3 is 11.9 Å². The molecule has 0 saturated heterocycles. The van der Waals surface area contributed by atoms with Crippen LogP contribution in [0.4, 0.5) is 5.69 Å². The first kappa shape index (κ1) is 23.0. The Hall–Kier alpha value is -3.73. The van der Waals surface area contributed by atoms with Crippen molar-refractivity contribution in [3.63, 3.8) is 0 Å². The number of hydrazone groups is 1. The van der Waals surface area contributed by atoms with Gasteiger partial charge in [-0.05, 0) is 74.4 Å². The summed E-state index contributed by atoms with van der Waals surface area (Å²) in [5.74, 6) is -0.400. The molecule has 2 unspecified atom stereocenters. The number of nitriles is 1. The minimum absolute atomic E-state index is 0.177. The highest BCUT2D eigenvalue weighted by Gasteiger charge is 2.46. The number of anilines is 1. The van der Waals surface area contributed by atoms with E-state index in [9.17, 15) is 14.9 Å². The number of esters is 2. The van der Waals surface area contributed by atoms with Crippen molar-refractivity contribution in [2.75, 3.05) is 18.7 Å². The fourth-order valence-corrected chi connectivity index (χ4v) is 5.71. The summed E-state index contributed by atoms with van der Waals surface area (Å²) in [7, 11) is 1.24. The lowest BCUT2D eigenvalue weighted by molar-refractivity contribution is -0.144. The van der Waals surface area contributed by atoms with E-state index in [0.29, 0.717) is 17.4 Å². The van der Waals surface area contributed by atoms with E-state index < -0.39 is 18.5 Å². The summed E-state index contributed by atoms with van der Waals surface area (Å²) in [5.41, 5.74) is 5.64. The molecule has 2 atom stereocenters. The summed E-state index contributed by atoms with van der Waals surface area (Å²) in [6.45, 7) is 1.52. The second-order valence-corrected chi connectivity index (χ2v) is 9.46. The van der Waals surface area contributed by atoms with Crippen molar-refractivity contribution in [1.82, 2.24) is 4.98 Å². The lowest BCUT2D eigenvalue weighted by Gasteiger charge is -2.34. The van der Waals surface area contributed by atoms with E-state index >= 15 is 0 Å². The highest BCUT2D eigenvalue weighted by molar-refractivity contribution is 6.07. The van der Waals surface area contributed by atoms with Crippen LogP contribution in [0.5, 0.6) is 0 Å². The van der Waals surface area contributed by atoms with Crippen LogP contribution < -0.4 is 5.01 Å². The number of fused-ring (bicyclic) bond motifs is 3. The van der Waals surface area contributed by atoms with Gasteiger partial charge in [0.1, 0.15) is 5.69 Å². The highest BCUT2D eigenvalue weighted by atomic mass is 16.6. The number of aryl methyl sites for hydroxylation is 2. The van der Waals surface area contributed by atoms with Crippen molar-refractivity contribution >= 4 is 23.3 Å². The molecule has 2 heterocycles. The molecule has 180 valence electrons. The van der Waals surface area contributed by atoms with Crippen LogP contribution in [0.3, 0.4) is 0 Å². The summed E-state index contributed by atoms with van der Waals surface area (Å²) in [5, 5.41) is 16.7. The zero-order chi connectivity index (χ0) is 24.5. The van der Waals surface area contributed by atoms with E-state index in [2.05, 4.69) is 26.9 Å². The van der Waals surface area contributed by atoms with Crippen LogP contribution in [0, 0.1) is 30.1 Å². The predicted octanol–water partition coefficient (Wildman–Crippen LogP) is 3.94. The standard InChI is InChI=1S/C27H28N4O4/c1-16-13-19(8-7-18(16)14-28)31-26(17-5-3-4-6-17)21-10-11-22-20(25(21)30-31)9-12-23(29-22)27(33)35-15-24(32)34-2/h7-9,12-13,17,21,26H,3-6,10-11,15H2,1-2H3. The van der Waals surface area contributed by atoms with Gasteiger partial charge in [0.15, 0.2) is 6.61 Å². The summed E-state index contributed by atoms with van der Waals surface area (Å²) >= 11 is 0. The van der Waals surface area contributed by atoms with Crippen molar-refractivity contribution < 1.29 is 19.1 Å². The zero-order valence-corrected chi connectivity index (χ0v) is 20.0. The molecule has 2 aromatic rings. The fourth-order valence-electron chi connectivity index (χ4n) is 5.71. The van der Waals surface area contributed by atoms with E-state index in [1.54, 1.807) is 6.07 Å². The number of aromatic nitrogens is 1. The number of methoxy groups -OCH3 is 1. The summed E-state index contributed by atoms with van der Waals surface area (Å²) < 4.78 is 9.53. The van der Waals surface area contributed by atoms with E-state index in [-0.39, 0.29) is 11.7 Å². The maximum absolute atomic E-state index is 12.4. The van der Waals surface area contributed by atoms with E-state index in [1.807, 2.05) is 25.1 Å². The third-order valence-electron chi connectivity index (χ3n) is 7.44. The van der Waals surface area contributed by atoms with Crippen LogP contribution in [0.15, 0.2) is 35.4 Å². The first-order valence-electron chi connectivity index (χ1n) is 12.1. The van der Waals surface area contributed by atoms with Crippen LogP contribution in [-0.2, 0) is 20.7 Å². The Kier molecular flexibility index (Phi) is 6.25. The van der Waals surface area contributed by atoms with Gasteiger partial charge in [-0.1, -0.05) is 12.8 Å². The number of benzene rings is 1. The summed E-state index contributed by atoms with van der Waals surface area (Å²) in [4.78, 5) is 28.2. The second kappa shape index (κ2) is 9.49. The number of carbonyl (C=O) groups is 2. The lowest BCUT2D eigenvalue weighted by Crippen LogP contribution is -2.40. The Balaban J connectivity index is 1.47. The zero-order valence-electron chi connectivity index (χ0n) is 20.0. The third kappa shape index (κ3) is 4.27. The Labute approximate surface area is 204 Å². The Morgan fingerprint density at radius 2 is 1.97 bits per heavy atom. The Bertz CT molecular complexity index is 1240. The minimum atomic E-state index is -0.646. The third-order valence-corrected chi connectivity index (χ3v) is 7.44. The van der Waals surface area contributed by atoms with Gasteiger partial charge in [-0.15, -0.1) is 0 Å². The average Bonchev–Trinajstić information content (AvgIpc) is 3.54. The topological polar surface area (TPSA) is 105 Å². The van der Waals surface area contributed by atoms with Crippen LogP contribution in [0.1, 0.15) is 65.0 Å². The SMILES string of the molecule is COC(=O)COC(=O)c1ccc2c(n1)CCC1C2=NN(c2ccc(C#N)c(C)c2)C1C1CCCC1. The van der Waals surface area contributed by atoms with Crippen LogP contribution >= 0.6 is 0 Å². The molecule has 2 aliphatic carbocycles. The van der Waals surface area contributed by atoms with Crippen LogP contribution in [-0.4, -0.2) is 42.4 Å². The van der Waals surface area contributed by atoms with Crippen molar-refractivity contribution in [2.24, 2.45) is 16.9 Å². The van der Waals surface area contributed by atoms with Crippen LogP contribution in [0.25, 0.3) is 0 Å². The van der Waals surface area contributed by atoms with Gasteiger partial charge in [0.05, 0.1) is 41.9 Å². The van der Waals surface area contributed by atoms with Crippen molar-refractivity contribution in [3.8, 4) is 6.07 Å². The number of carbonyl (C=O) groups excluding carboxylic acids is 2. The van der Waals surface area contributed by atoms with E-state index in [1.165, 1.54) is 32.8 Å². The summed E-state index contributed by atoms with van der Waals surface area (Å²) in [6, 6.07) is 12.0. The molecule has 8 nitrogen and oxygen atoms in total. The molecule has 0 spiro atoms. The number of pyridine rings is 1. The normalized spacial score (nSPS) is 21.1. The smallest absolute Gasteiger partial charge is 0.357 e. The second-order valence-electron chi connectivity index (χ2n) is 9.46. The van der Waals surface area contributed by atoms with Gasteiger partial charge in [-0.3, -0.25) is 5.01 Å². The average molecular weight is 473 g/mol. The molecule has 1 aliphatic heterocycles. The van der Waals surface area contributed by atoms with Crippen molar-refractivity contribution in [1.29, 1.82) is 5.26 Å². The molecule has 1 saturated carbocycles. The lowest BCUT2D eigenvalue weighted by atomic mass is 9.76. The molecule has 35 heavy (non-hydrogen) atoms. The molecule has 1 aromatic heterocycles. The van der Waals surface area contributed by atoms with Gasteiger partial charge in [-0.25, -0.2) is 14.6 Å². The molecule has 1 aromatic carbocycles. The van der Waals surface area contributed by atoms with Crippen molar-refractivity contribution in [3.05, 3.63) is 58.4 Å². The van der Waals surface area contributed by atoms with Gasteiger partial charge in [0.25, 0.3) is 0 Å². The number of nitrogens with zero attached hydrogens (tertiary/aromatic N) is 4. The van der Waals surface area contributed by atoms with E-state index in [4.69, 9.17) is 9.84 Å². The fraction of sp³-hybridized carbons (Fsp3) is 0.444. The quantitative estimate of drug-likeness (QED) is 0.607. The van der Waals surface area contributed by atoms with Gasteiger partial charge < -0.3 is 9.47 Å². The molecule has 0 N–H and O–H groups in total. The molecule has 0 bridgehead atoms. The molecule has 0 amide bonds. The Morgan fingerprint density at radius 1 is 1.17 bits per heavy atom. The highest BCUT2D eigenvalue weighted by Crippen LogP contribution is 2.44. The van der Waals surface area contributed by atoms with Crippen LogP contribution in [0.2, 0.25) is 0 Å². The van der Waals surface area contributed by atoms with Gasteiger partial charge in [0, 0.05) is 11.5 Å². The largest absolute Gasteiger partial charge is 0.466 e. The number of hydrogen-bond donors (Lipinski definition) is 0. The first-order valence-corrected chi connectivity index (χ1v) is 12.1. The molecular weight excluding hydrogens is 444 g/mol. The maximum Gasteiger partial charge on any atom is 0.357 e. The minimum Gasteiger partial charge on any atom is -0.466 e. The molecule has 5 rings (SSSR count). The van der Waals surface area contributed by atoms with Gasteiger partial charge in [-0.2, -0.15) is 10.4 Å². The summed E-state index contributed by atoms with van der Waals surface area (Å²) in [6.07, 6.45) is 6.56.